The molecular formula is C5H10N3O3P. The molecule has 0 fully saturated rings. The molecule has 0 bridgehead atoms. The maximum absolute atomic E-state index is 10.3. The summed E-state index contributed by atoms with van der Waals surface area (Å²) in [5.74, 6) is 0.705. The molecule has 7 heteroatoms. The average molecular weight is 191 g/mol. The predicted octanol–water partition coefficient (Wildman–Crippen LogP) is -0.366. The van der Waals surface area contributed by atoms with E-state index in [0.29, 0.717) is 12.2 Å². The number of aromatic amines is 1. The molecule has 0 radical (unpaired) electrons. The third-order valence-electron chi connectivity index (χ3n) is 1.23. The lowest BCUT2D eigenvalue weighted by molar-refractivity contribution is 0.357. The minimum absolute atomic E-state index is 0.206. The summed E-state index contributed by atoms with van der Waals surface area (Å²) >= 11 is 0. The van der Waals surface area contributed by atoms with Gasteiger partial charge in [-0.15, -0.1) is 0 Å². The summed E-state index contributed by atoms with van der Waals surface area (Å²) < 4.78 is 10.3. The van der Waals surface area contributed by atoms with Gasteiger partial charge in [-0.1, -0.05) is 0 Å². The Labute approximate surface area is 69.2 Å². The molecule has 68 valence electrons. The van der Waals surface area contributed by atoms with Crippen LogP contribution in [0.5, 0.6) is 0 Å². The summed E-state index contributed by atoms with van der Waals surface area (Å²) in [6.07, 6.45) is 3.72. The molecule has 0 spiro atoms. The monoisotopic (exact) mass is 191 g/mol. The van der Waals surface area contributed by atoms with E-state index in [9.17, 15) is 4.57 Å². The Morgan fingerprint density at radius 3 is 2.92 bits per heavy atom. The number of nitrogens with zero attached hydrogens (tertiary/aromatic N) is 1. The molecule has 1 heterocycles. The second-order valence-electron chi connectivity index (χ2n) is 2.24. The normalized spacial score (nSPS) is 11.8. The van der Waals surface area contributed by atoms with E-state index in [-0.39, 0.29) is 6.54 Å². The quantitative estimate of drug-likeness (QED) is 0.487. The summed E-state index contributed by atoms with van der Waals surface area (Å²) in [5, 5.41) is 2.07. The molecule has 0 saturated carbocycles. The lowest BCUT2D eigenvalue weighted by atomic mass is 10.4. The first-order chi connectivity index (χ1) is 5.58. The van der Waals surface area contributed by atoms with Crippen LogP contribution >= 0.6 is 7.75 Å². The lowest BCUT2D eigenvalue weighted by Gasteiger charge is -2.03. The molecule has 0 aliphatic rings. The van der Waals surface area contributed by atoms with Gasteiger partial charge in [-0.3, -0.25) is 0 Å². The van der Waals surface area contributed by atoms with Gasteiger partial charge in [-0.2, -0.15) is 0 Å². The summed E-state index contributed by atoms with van der Waals surface area (Å²) in [5.41, 5.74) is 0. The van der Waals surface area contributed by atoms with Crippen LogP contribution in [-0.4, -0.2) is 26.3 Å². The van der Waals surface area contributed by atoms with Crippen LogP contribution < -0.4 is 5.09 Å². The Kier molecular flexibility index (Phi) is 2.99. The fourth-order valence-corrected chi connectivity index (χ4v) is 1.16. The average Bonchev–Trinajstić information content (AvgIpc) is 2.36. The van der Waals surface area contributed by atoms with Crippen molar-refractivity contribution in [2.75, 3.05) is 6.54 Å². The Morgan fingerprint density at radius 1 is 1.67 bits per heavy atom. The van der Waals surface area contributed by atoms with Crippen LogP contribution in [0.2, 0.25) is 0 Å². The highest BCUT2D eigenvalue weighted by atomic mass is 31.2. The van der Waals surface area contributed by atoms with Gasteiger partial charge in [0.2, 0.25) is 0 Å². The summed E-state index contributed by atoms with van der Waals surface area (Å²) in [4.78, 5) is 23.5. The van der Waals surface area contributed by atoms with Crippen molar-refractivity contribution in [3.05, 3.63) is 18.2 Å². The summed E-state index contributed by atoms with van der Waals surface area (Å²) in [6, 6.07) is 0. The first-order valence-corrected chi connectivity index (χ1v) is 4.98. The van der Waals surface area contributed by atoms with Crippen LogP contribution in [0.4, 0.5) is 0 Å². The van der Waals surface area contributed by atoms with Crippen molar-refractivity contribution in [1.82, 2.24) is 15.1 Å². The third kappa shape index (κ3) is 3.64. The van der Waals surface area contributed by atoms with Crippen LogP contribution in [-0.2, 0) is 11.0 Å². The minimum atomic E-state index is -4.08. The molecular weight excluding hydrogens is 181 g/mol. The van der Waals surface area contributed by atoms with E-state index in [1.54, 1.807) is 12.4 Å². The van der Waals surface area contributed by atoms with Gasteiger partial charge < -0.3 is 14.8 Å². The van der Waals surface area contributed by atoms with Gasteiger partial charge >= 0.3 is 7.75 Å². The molecule has 0 aliphatic carbocycles. The molecule has 0 aromatic carbocycles. The van der Waals surface area contributed by atoms with Gasteiger partial charge in [0.1, 0.15) is 5.82 Å². The van der Waals surface area contributed by atoms with Crippen molar-refractivity contribution in [2.45, 2.75) is 6.42 Å². The predicted molar refractivity (Wildman–Crippen MR) is 42.3 cm³/mol. The van der Waals surface area contributed by atoms with Crippen LogP contribution in [0.1, 0.15) is 5.82 Å². The highest BCUT2D eigenvalue weighted by Crippen LogP contribution is 2.27. The molecule has 0 saturated heterocycles. The fourth-order valence-electron chi connectivity index (χ4n) is 0.755. The van der Waals surface area contributed by atoms with Gasteiger partial charge in [0.05, 0.1) is 0 Å². The van der Waals surface area contributed by atoms with Crippen molar-refractivity contribution in [3.63, 3.8) is 0 Å². The molecule has 0 amide bonds. The topological polar surface area (TPSA) is 98.2 Å². The highest BCUT2D eigenvalue weighted by Gasteiger charge is 2.10. The number of hydrogen-bond acceptors (Lipinski definition) is 2. The van der Waals surface area contributed by atoms with Crippen molar-refractivity contribution >= 4 is 7.75 Å². The number of H-pyrrole nitrogens is 1. The maximum Gasteiger partial charge on any atom is 0.400 e. The standard InChI is InChI=1S/C5H10N3O3P/c9-12(10,11)8-2-1-5-6-3-4-7-5/h3-4H,1-2H2,(H,6,7)(H3,8,9,10,11). The lowest BCUT2D eigenvalue weighted by Crippen LogP contribution is -2.13. The highest BCUT2D eigenvalue weighted by molar-refractivity contribution is 7.49. The Balaban J connectivity index is 2.24. The SMILES string of the molecule is O=P(O)(O)NCCc1ncc[nH]1. The van der Waals surface area contributed by atoms with Gasteiger partial charge in [0.25, 0.3) is 0 Å². The number of hydrogen-bond donors (Lipinski definition) is 4. The number of nitrogens with one attached hydrogen (secondary N) is 2. The van der Waals surface area contributed by atoms with E-state index < -0.39 is 7.75 Å². The van der Waals surface area contributed by atoms with E-state index in [0.717, 1.165) is 0 Å². The Morgan fingerprint density at radius 2 is 2.42 bits per heavy atom. The Hall–Kier alpha value is -0.680. The van der Waals surface area contributed by atoms with Crippen LogP contribution in [0.15, 0.2) is 12.4 Å². The zero-order chi connectivity index (χ0) is 9.03. The smallest absolute Gasteiger partial charge is 0.349 e. The van der Waals surface area contributed by atoms with Crippen LogP contribution in [0.3, 0.4) is 0 Å². The van der Waals surface area contributed by atoms with E-state index in [2.05, 4.69) is 15.1 Å². The van der Waals surface area contributed by atoms with Crippen LogP contribution in [0, 0.1) is 0 Å². The molecule has 1 aromatic rings. The van der Waals surface area contributed by atoms with E-state index in [4.69, 9.17) is 9.79 Å². The largest absolute Gasteiger partial charge is 0.400 e. The molecule has 6 nitrogen and oxygen atoms in total. The molecule has 0 aliphatic heterocycles. The second kappa shape index (κ2) is 3.82. The second-order valence-corrected chi connectivity index (χ2v) is 3.64. The number of rotatable bonds is 4. The van der Waals surface area contributed by atoms with Crippen molar-refractivity contribution in [1.29, 1.82) is 0 Å². The zero-order valence-electron chi connectivity index (χ0n) is 6.27. The number of aromatic nitrogens is 2. The van der Waals surface area contributed by atoms with Crippen molar-refractivity contribution in [2.24, 2.45) is 0 Å². The van der Waals surface area contributed by atoms with Gasteiger partial charge in [-0.05, 0) is 0 Å². The van der Waals surface area contributed by atoms with Crippen molar-refractivity contribution in [3.8, 4) is 0 Å². The maximum atomic E-state index is 10.3. The first kappa shape index (κ1) is 9.41. The molecule has 4 N–H and O–H groups in total. The third-order valence-corrected chi connectivity index (χ3v) is 1.87. The first-order valence-electron chi connectivity index (χ1n) is 3.37. The molecule has 0 unspecified atom stereocenters. The van der Waals surface area contributed by atoms with Gasteiger partial charge in [0.15, 0.2) is 0 Å². The molecule has 0 atom stereocenters. The van der Waals surface area contributed by atoms with Crippen molar-refractivity contribution < 1.29 is 14.4 Å². The molecule has 12 heavy (non-hydrogen) atoms. The fraction of sp³-hybridized carbons (Fsp3) is 0.400. The zero-order valence-corrected chi connectivity index (χ0v) is 7.16. The van der Waals surface area contributed by atoms with Gasteiger partial charge in [-0.25, -0.2) is 14.6 Å². The van der Waals surface area contributed by atoms with Crippen LogP contribution in [0.25, 0.3) is 0 Å². The van der Waals surface area contributed by atoms with Gasteiger partial charge in [0, 0.05) is 25.4 Å². The Bertz CT molecular complexity index is 267. The van der Waals surface area contributed by atoms with E-state index in [1.165, 1.54) is 0 Å². The van der Waals surface area contributed by atoms with E-state index >= 15 is 0 Å². The summed E-state index contributed by atoms with van der Waals surface area (Å²) in [6.45, 7) is 0.206. The summed E-state index contributed by atoms with van der Waals surface area (Å²) in [7, 11) is -4.08. The van der Waals surface area contributed by atoms with E-state index in [1.807, 2.05) is 0 Å². The molecule has 1 aromatic heterocycles. The molecule has 1 rings (SSSR count). The minimum Gasteiger partial charge on any atom is -0.349 e. The number of imidazole rings is 1.